The Balaban J connectivity index is 1.53. The highest BCUT2D eigenvalue weighted by atomic mass is 19.3. The lowest BCUT2D eigenvalue weighted by atomic mass is 10.0. The normalized spacial score (nSPS) is 23.3. The van der Waals surface area contributed by atoms with E-state index in [1.807, 2.05) is 0 Å². The Kier molecular flexibility index (Phi) is 4.99. The van der Waals surface area contributed by atoms with Gasteiger partial charge in [0, 0.05) is 57.5 Å². The van der Waals surface area contributed by atoms with Gasteiger partial charge < -0.3 is 10.2 Å². The van der Waals surface area contributed by atoms with Crippen molar-refractivity contribution in [2.75, 3.05) is 26.2 Å². The third-order valence-electron chi connectivity index (χ3n) is 4.79. The molecule has 3 rings (SSSR count). The van der Waals surface area contributed by atoms with Gasteiger partial charge >= 0.3 is 0 Å². The summed E-state index contributed by atoms with van der Waals surface area (Å²) in [6, 6.07) is 3.12. The maximum absolute atomic E-state index is 13.8. The fraction of sp³-hybridized carbons (Fsp3) is 0.588. The van der Waals surface area contributed by atoms with Crippen LogP contribution in [-0.2, 0) is 16.0 Å². The van der Waals surface area contributed by atoms with E-state index in [4.69, 9.17) is 0 Å². The third-order valence-corrected chi connectivity index (χ3v) is 4.79. The van der Waals surface area contributed by atoms with E-state index in [0.717, 1.165) is 5.56 Å². The van der Waals surface area contributed by atoms with E-state index in [2.05, 4.69) is 10.3 Å². The van der Waals surface area contributed by atoms with Gasteiger partial charge in [0.1, 0.15) is 0 Å². The van der Waals surface area contributed by atoms with Crippen molar-refractivity contribution in [3.8, 4) is 0 Å². The first kappa shape index (κ1) is 17.7. The van der Waals surface area contributed by atoms with Gasteiger partial charge in [-0.2, -0.15) is 0 Å². The number of aromatic nitrogens is 1. The molecule has 0 aromatic carbocycles. The number of hydrogen-bond acceptors (Lipinski definition) is 4. The van der Waals surface area contributed by atoms with E-state index in [9.17, 15) is 18.4 Å². The molecule has 1 N–H and O–H groups in total. The van der Waals surface area contributed by atoms with Crippen molar-refractivity contribution in [1.82, 2.24) is 20.1 Å². The smallest absolute Gasteiger partial charge is 0.262 e. The van der Waals surface area contributed by atoms with Gasteiger partial charge in [-0.3, -0.25) is 19.5 Å². The van der Waals surface area contributed by atoms with Crippen LogP contribution in [0.5, 0.6) is 0 Å². The minimum absolute atomic E-state index is 0.00758. The van der Waals surface area contributed by atoms with Crippen molar-refractivity contribution in [3.05, 3.63) is 30.1 Å². The molecular weight excluding hydrogens is 330 g/mol. The Bertz CT molecular complexity index is 635. The van der Waals surface area contributed by atoms with Crippen LogP contribution >= 0.6 is 0 Å². The zero-order valence-corrected chi connectivity index (χ0v) is 14.1. The van der Waals surface area contributed by atoms with Gasteiger partial charge in [-0.1, -0.05) is 0 Å². The second-order valence-corrected chi connectivity index (χ2v) is 6.81. The van der Waals surface area contributed by atoms with Gasteiger partial charge in [0.25, 0.3) is 5.92 Å². The Hall–Kier alpha value is -2.09. The van der Waals surface area contributed by atoms with E-state index in [0.29, 0.717) is 19.5 Å². The summed E-state index contributed by atoms with van der Waals surface area (Å²) in [7, 11) is 0. The summed E-state index contributed by atoms with van der Waals surface area (Å²) in [6.07, 6.45) is 3.32. The summed E-state index contributed by atoms with van der Waals surface area (Å²) < 4.78 is 27.6. The first-order chi connectivity index (χ1) is 11.8. The number of hydrogen-bond donors (Lipinski definition) is 1. The Morgan fingerprint density at radius 2 is 2.00 bits per heavy atom. The first-order valence-corrected chi connectivity index (χ1v) is 8.39. The van der Waals surface area contributed by atoms with Crippen molar-refractivity contribution >= 4 is 11.8 Å². The molecule has 2 aliphatic rings. The molecule has 1 aromatic heterocycles. The molecule has 0 bridgehead atoms. The SMILES string of the molecule is CC(=O)NC[C@@H]1CC(F)(F)CN1C1CN(C(=O)Cc2ccncc2)C1. The van der Waals surface area contributed by atoms with Crippen molar-refractivity contribution < 1.29 is 18.4 Å². The summed E-state index contributed by atoms with van der Waals surface area (Å²) >= 11 is 0. The van der Waals surface area contributed by atoms with Crippen LogP contribution in [0.2, 0.25) is 0 Å². The highest BCUT2D eigenvalue weighted by Gasteiger charge is 2.50. The minimum Gasteiger partial charge on any atom is -0.355 e. The highest BCUT2D eigenvalue weighted by Crippen LogP contribution is 2.35. The second kappa shape index (κ2) is 7.03. The number of carbonyl (C=O) groups excluding carboxylic acids is 2. The molecule has 0 unspecified atom stereocenters. The lowest BCUT2D eigenvalue weighted by molar-refractivity contribution is -0.138. The molecule has 3 heterocycles. The predicted molar refractivity (Wildman–Crippen MR) is 87.1 cm³/mol. The predicted octanol–water partition coefficient (Wildman–Crippen LogP) is 0.681. The van der Waals surface area contributed by atoms with Crippen LogP contribution in [0.15, 0.2) is 24.5 Å². The first-order valence-electron chi connectivity index (χ1n) is 8.39. The average molecular weight is 352 g/mol. The number of rotatable bonds is 5. The molecule has 0 saturated carbocycles. The quantitative estimate of drug-likeness (QED) is 0.846. The maximum Gasteiger partial charge on any atom is 0.262 e. The van der Waals surface area contributed by atoms with Gasteiger partial charge in [-0.15, -0.1) is 0 Å². The fourth-order valence-corrected chi connectivity index (χ4v) is 3.46. The number of pyridine rings is 1. The molecule has 2 fully saturated rings. The van der Waals surface area contributed by atoms with Gasteiger partial charge in [-0.05, 0) is 17.7 Å². The summed E-state index contributed by atoms with van der Waals surface area (Å²) in [5, 5.41) is 2.62. The average Bonchev–Trinajstić information content (AvgIpc) is 2.79. The van der Waals surface area contributed by atoms with Gasteiger partial charge in [-0.25, -0.2) is 8.78 Å². The number of likely N-dealkylation sites (tertiary alicyclic amines) is 2. The minimum atomic E-state index is -2.75. The van der Waals surface area contributed by atoms with E-state index in [-0.39, 0.29) is 43.4 Å². The van der Waals surface area contributed by atoms with E-state index < -0.39 is 5.92 Å². The highest BCUT2D eigenvalue weighted by molar-refractivity contribution is 5.79. The number of amides is 2. The summed E-state index contributed by atoms with van der Waals surface area (Å²) in [4.78, 5) is 30.7. The maximum atomic E-state index is 13.8. The van der Waals surface area contributed by atoms with Crippen molar-refractivity contribution in [3.63, 3.8) is 0 Å². The molecule has 0 aliphatic carbocycles. The molecule has 2 saturated heterocycles. The van der Waals surface area contributed by atoms with Crippen LogP contribution in [-0.4, -0.2) is 70.8 Å². The van der Waals surface area contributed by atoms with Gasteiger partial charge in [0.15, 0.2) is 0 Å². The molecule has 1 atom stereocenters. The number of carbonyl (C=O) groups is 2. The lowest BCUT2D eigenvalue weighted by Gasteiger charge is -2.46. The van der Waals surface area contributed by atoms with E-state index in [1.165, 1.54) is 6.92 Å². The van der Waals surface area contributed by atoms with Crippen LogP contribution < -0.4 is 5.32 Å². The Morgan fingerprint density at radius 1 is 1.32 bits per heavy atom. The van der Waals surface area contributed by atoms with Crippen LogP contribution in [0, 0.1) is 0 Å². The summed E-state index contributed by atoms with van der Waals surface area (Å²) in [5.74, 6) is -2.98. The van der Waals surface area contributed by atoms with Crippen LogP contribution in [0.3, 0.4) is 0 Å². The Morgan fingerprint density at radius 3 is 2.64 bits per heavy atom. The van der Waals surface area contributed by atoms with Crippen molar-refractivity contribution in [1.29, 1.82) is 0 Å². The molecule has 2 amide bonds. The largest absolute Gasteiger partial charge is 0.355 e. The number of nitrogens with zero attached hydrogens (tertiary/aromatic N) is 3. The standard InChI is InChI=1S/C17H22F2N4O2/c1-12(24)21-8-14-7-17(18,19)11-23(14)15-9-22(10-15)16(25)6-13-2-4-20-5-3-13/h2-5,14-15H,6-11H2,1H3,(H,21,24)/t14-/m0/s1. The third kappa shape index (κ3) is 4.31. The number of alkyl halides is 2. The zero-order valence-electron chi connectivity index (χ0n) is 14.1. The van der Waals surface area contributed by atoms with E-state index >= 15 is 0 Å². The van der Waals surface area contributed by atoms with Gasteiger partial charge in [0.2, 0.25) is 11.8 Å². The molecule has 2 aliphatic heterocycles. The van der Waals surface area contributed by atoms with Crippen LogP contribution in [0.25, 0.3) is 0 Å². The van der Waals surface area contributed by atoms with Crippen molar-refractivity contribution in [2.24, 2.45) is 0 Å². The fourth-order valence-electron chi connectivity index (χ4n) is 3.46. The zero-order chi connectivity index (χ0) is 18.0. The summed E-state index contributed by atoms with van der Waals surface area (Å²) in [5.41, 5.74) is 0.889. The van der Waals surface area contributed by atoms with E-state index in [1.54, 1.807) is 34.3 Å². The Labute approximate surface area is 145 Å². The summed E-state index contributed by atoms with van der Waals surface area (Å²) in [6.45, 7) is 2.19. The molecule has 0 radical (unpaired) electrons. The molecule has 0 spiro atoms. The molecule has 136 valence electrons. The molecule has 6 nitrogen and oxygen atoms in total. The number of nitrogens with one attached hydrogen (secondary N) is 1. The molecule has 8 heteroatoms. The monoisotopic (exact) mass is 352 g/mol. The second-order valence-electron chi connectivity index (χ2n) is 6.81. The molecular formula is C17H22F2N4O2. The van der Waals surface area contributed by atoms with Crippen LogP contribution in [0.4, 0.5) is 8.78 Å². The van der Waals surface area contributed by atoms with Gasteiger partial charge in [0.05, 0.1) is 13.0 Å². The van der Waals surface area contributed by atoms with Crippen molar-refractivity contribution in [2.45, 2.75) is 37.8 Å². The molecule has 1 aromatic rings. The van der Waals surface area contributed by atoms with Crippen LogP contribution in [0.1, 0.15) is 18.9 Å². The number of halogens is 2. The molecule has 25 heavy (non-hydrogen) atoms. The topological polar surface area (TPSA) is 65.5 Å². The lowest BCUT2D eigenvalue weighted by Crippen LogP contribution is -2.63.